The third kappa shape index (κ3) is 4.91. The first-order valence-corrected chi connectivity index (χ1v) is 10.9. The quantitative estimate of drug-likeness (QED) is 0.408. The summed E-state index contributed by atoms with van der Waals surface area (Å²) in [6.07, 6.45) is 3.48. The number of carbonyl (C=O) groups is 1. The van der Waals surface area contributed by atoms with Crippen molar-refractivity contribution in [2.45, 2.75) is 18.9 Å². The highest BCUT2D eigenvalue weighted by molar-refractivity contribution is 5.92. The summed E-state index contributed by atoms with van der Waals surface area (Å²) in [5.74, 6) is -5.74. The van der Waals surface area contributed by atoms with Gasteiger partial charge in [0.15, 0.2) is 0 Å². The van der Waals surface area contributed by atoms with Gasteiger partial charge in [0, 0.05) is 30.4 Å². The summed E-state index contributed by atoms with van der Waals surface area (Å²) in [7, 11) is 1.78. The van der Waals surface area contributed by atoms with Crippen LogP contribution in [0.2, 0.25) is 0 Å². The summed E-state index contributed by atoms with van der Waals surface area (Å²) in [6.45, 7) is -0.133. The number of aromatic nitrogens is 4. The number of halogens is 3. The summed E-state index contributed by atoms with van der Waals surface area (Å²) >= 11 is 0. The fourth-order valence-electron chi connectivity index (χ4n) is 3.71. The standard InChI is InChI=1S/C25H22F3N5O3/c1-15(19-7-4-8-20(23(19)26)25(27,28)14-34)30-24(36)21-9-10-22(35)33(31-21)18-6-3-5-16(11-18)17-12-29-32(2)13-17/h3-13,15,34H,14H2,1-2H3,(H,30,36)/t15-/m1/s1. The summed E-state index contributed by atoms with van der Waals surface area (Å²) in [5, 5.41) is 19.7. The molecular formula is C25H22F3N5O3. The molecule has 4 aromatic rings. The van der Waals surface area contributed by atoms with Crippen LogP contribution < -0.4 is 10.9 Å². The van der Waals surface area contributed by atoms with E-state index in [9.17, 15) is 22.8 Å². The molecule has 0 bridgehead atoms. The Kier molecular flexibility index (Phi) is 6.75. The molecule has 0 unspecified atom stereocenters. The number of hydrogen-bond donors (Lipinski definition) is 2. The molecule has 0 saturated carbocycles. The SMILES string of the molecule is C[C@@H](NC(=O)c1ccc(=O)n(-c2cccc(-c3cnn(C)c3)c2)n1)c1cccc(C(F)(F)CO)c1F. The van der Waals surface area contributed by atoms with Crippen molar-refractivity contribution < 1.29 is 23.1 Å². The normalized spacial score (nSPS) is 12.4. The summed E-state index contributed by atoms with van der Waals surface area (Å²) in [4.78, 5) is 25.4. The summed E-state index contributed by atoms with van der Waals surface area (Å²) in [5.41, 5.74) is 0.252. The molecule has 0 aliphatic carbocycles. The minimum atomic E-state index is -3.77. The van der Waals surface area contributed by atoms with E-state index in [1.54, 1.807) is 36.1 Å². The van der Waals surface area contributed by atoms with Crippen molar-refractivity contribution in [1.82, 2.24) is 24.9 Å². The molecule has 2 N–H and O–H groups in total. The van der Waals surface area contributed by atoms with Crippen LogP contribution in [0.5, 0.6) is 0 Å². The van der Waals surface area contributed by atoms with E-state index in [-0.39, 0.29) is 11.3 Å². The number of nitrogens with one attached hydrogen (secondary N) is 1. The lowest BCUT2D eigenvalue weighted by atomic mass is 10.0. The molecule has 0 radical (unpaired) electrons. The zero-order valence-electron chi connectivity index (χ0n) is 19.3. The fraction of sp³-hybridized carbons (Fsp3) is 0.200. The molecule has 2 heterocycles. The Morgan fingerprint density at radius 3 is 2.58 bits per heavy atom. The van der Waals surface area contributed by atoms with Gasteiger partial charge in [-0.15, -0.1) is 0 Å². The molecule has 0 fully saturated rings. The van der Waals surface area contributed by atoms with Gasteiger partial charge < -0.3 is 10.4 Å². The third-order valence-electron chi connectivity index (χ3n) is 5.60. The number of aryl methyl sites for hydroxylation is 1. The second-order valence-corrected chi connectivity index (χ2v) is 8.19. The fourth-order valence-corrected chi connectivity index (χ4v) is 3.71. The number of amides is 1. The van der Waals surface area contributed by atoms with Crippen LogP contribution in [0.4, 0.5) is 13.2 Å². The molecule has 2 aromatic heterocycles. The van der Waals surface area contributed by atoms with E-state index in [2.05, 4.69) is 15.5 Å². The Morgan fingerprint density at radius 2 is 1.89 bits per heavy atom. The number of aliphatic hydroxyl groups is 1. The van der Waals surface area contributed by atoms with Gasteiger partial charge in [-0.2, -0.15) is 23.7 Å². The number of hydrogen-bond acceptors (Lipinski definition) is 5. The van der Waals surface area contributed by atoms with Crippen molar-refractivity contribution in [2.75, 3.05) is 6.61 Å². The Hall–Kier alpha value is -4.25. The topological polar surface area (TPSA) is 102 Å². The number of rotatable bonds is 7. The molecule has 0 aliphatic rings. The Labute approximate surface area is 203 Å². The number of nitrogens with zero attached hydrogens (tertiary/aromatic N) is 4. The lowest BCUT2D eigenvalue weighted by molar-refractivity contribution is -0.0584. The van der Waals surface area contributed by atoms with Gasteiger partial charge in [0.2, 0.25) is 0 Å². The zero-order chi connectivity index (χ0) is 26.0. The molecule has 4 rings (SSSR count). The number of carbonyl (C=O) groups excluding carboxylic acids is 1. The van der Waals surface area contributed by atoms with Gasteiger partial charge in [0.05, 0.1) is 23.5 Å². The molecule has 0 saturated heterocycles. The number of benzene rings is 2. The maximum Gasteiger partial charge on any atom is 0.298 e. The van der Waals surface area contributed by atoms with Crippen molar-refractivity contribution in [3.8, 4) is 16.8 Å². The average Bonchev–Trinajstić information content (AvgIpc) is 3.30. The number of alkyl halides is 2. The van der Waals surface area contributed by atoms with Gasteiger partial charge in [0.1, 0.15) is 18.1 Å². The van der Waals surface area contributed by atoms with Gasteiger partial charge >= 0.3 is 0 Å². The summed E-state index contributed by atoms with van der Waals surface area (Å²) < 4.78 is 45.2. The van der Waals surface area contributed by atoms with Gasteiger partial charge in [-0.3, -0.25) is 14.3 Å². The van der Waals surface area contributed by atoms with Crippen molar-refractivity contribution in [2.24, 2.45) is 7.05 Å². The molecule has 8 nitrogen and oxygen atoms in total. The van der Waals surface area contributed by atoms with Gasteiger partial charge in [0.25, 0.3) is 17.4 Å². The molecule has 186 valence electrons. The van der Waals surface area contributed by atoms with E-state index in [1.165, 1.54) is 31.2 Å². The van der Waals surface area contributed by atoms with Gasteiger partial charge in [-0.1, -0.05) is 24.3 Å². The highest BCUT2D eigenvalue weighted by atomic mass is 19.3. The first kappa shape index (κ1) is 24.9. The van der Waals surface area contributed by atoms with Crippen molar-refractivity contribution in [3.63, 3.8) is 0 Å². The molecule has 1 atom stereocenters. The lowest BCUT2D eigenvalue weighted by Crippen LogP contribution is -2.31. The van der Waals surface area contributed by atoms with Crippen LogP contribution in [0.25, 0.3) is 16.8 Å². The predicted octanol–water partition coefficient (Wildman–Crippen LogP) is 3.35. The highest BCUT2D eigenvalue weighted by Gasteiger charge is 2.35. The van der Waals surface area contributed by atoms with Gasteiger partial charge in [-0.05, 0) is 36.8 Å². The minimum Gasteiger partial charge on any atom is -0.390 e. The Bertz CT molecular complexity index is 1480. The first-order chi connectivity index (χ1) is 17.1. The van der Waals surface area contributed by atoms with E-state index in [0.717, 1.165) is 21.9 Å². The Morgan fingerprint density at radius 1 is 1.14 bits per heavy atom. The van der Waals surface area contributed by atoms with Crippen LogP contribution in [0.1, 0.15) is 34.6 Å². The van der Waals surface area contributed by atoms with Gasteiger partial charge in [-0.25, -0.2) is 4.39 Å². The van der Waals surface area contributed by atoms with E-state index in [0.29, 0.717) is 5.69 Å². The second-order valence-electron chi connectivity index (χ2n) is 8.19. The van der Waals surface area contributed by atoms with Crippen LogP contribution in [0, 0.1) is 5.82 Å². The molecule has 2 aromatic carbocycles. The van der Waals surface area contributed by atoms with E-state index in [4.69, 9.17) is 5.11 Å². The van der Waals surface area contributed by atoms with Crippen molar-refractivity contribution >= 4 is 5.91 Å². The van der Waals surface area contributed by atoms with Crippen LogP contribution in [0.3, 0.4) is 0 Å². The van der Waals surface area contributed by atoms with E-state index < -0.39 is 41.4 Å². The average molecular weight is 497 g/mol. The highest BCUT2D eigenvalue weighted by Crippen LogP contribution is 2.32. The van der Waals surface area contributed by atoms with Crippen molar-refractivity contribution in [3.05, 3.63) is 100.0 Å². The Balaban J connectivity index is 1.61. The molecular weight excluding hydrogens is 475 g/mol. The molecule has 1 amide bonds. The smallest absolute Gasteiger partial charge is 0.298 e. The molecule has 11 heteroatoms. The molecule has 0 aliphatic heterocycles. The molecule has 36 heavy (non-hydrogen) atoms. The van der Waals surface area contributed by atoms with Crippen LogP contribution in [0.15, 0.2) is 71.8 Å². The molecule has 0 spiro atoms. The number of aliphatic hydroxyl groups excluding tert-OH is 1. The lowest BCUT2D eigenvalue weighted by Gasteiger charge is -2.20. The predicted molar refractivity (Wildman–Crippen MR) is 125 cm³/mol. The monoisotopic (exact) mass is 497 g/mol. The zero-order valence-corrected chi connectivity index (χ0v) is 19.3. The largest absolute Gasteiger partial charge is 0.390 e. The minimum absolute atomic E-state index is 0.134. The second kappa shape index (κ2) is 9.78. The van der Waals surface area contributed by atoms with Crippen LogP contribution in [-0.4, -0.2) is 37.2 Å². The maximum atomic E-state index is 14.8. The van der Waals surface area contributed by atoms with Crippen LogP contribution >= 0.6 is 0 Å². The van der Waals surface area contributed by atoms with E-state index in [1.807, 2.05) is 12.3 Å². The summed E-state index contributed by atoms with van der Waals surface area (Å²) in [6, 6.07) is 11.7. The third-order valence-corrected chi connectivity index (χ3v) is 5.60. The maximum absolute atomic E-state index is 14.8. The van der Waals surface area contributed by atoms with E-state index >= 15 is 0 Å². The van der Waals surface area contributed by atoms with Crippen molar-refractivity contribution in [1.29, 1.82) is 0 Å². The van der Waals surface area contributed by atoms with Crippen LogP contribution in [-0.2, 0) is 13.0 Å². The first-order valence-electron chi connectivity index (χ1n) is 10.9.